The molecule has 0 amide bonds. The fourth-order valence-electron chi connectivity index (χ4n) is 2.09. The fourth-order valence-corrected chi connectivity index (χ4v) is 2.73. The smallest absolute Gasteiger partial charge is 0.160 e. The number of rotatable bonds is 3. The molecule has 0 radical (unpaired) electrons. The zero-order chi connectivity index (χ0) is 14.8. The van der Waals surface area contributed by atoms with Crippen molar-refractivity contribution in [2.45, 2.75) is 6.92 Å². The first kappa shape index (κ1) is 13.8. The Kier molecular flexibility index (Phi) is 3.71. The van der Waals surface area contributed by atoms with Crippen molar-refractivity contribution in [1.29, 1.82) is 0 Å². The van der Waals surface area contributed by atoms with Crippen LogP contribution in [0.2, 0.25) is 0 Å². The lowest BCUT2D eigenvalue weighted by molar-refractivity contribution is 0.101. The molecule has 1 aromatic heterocycles. The number of hydrogen-bond acceptors (Lipinski definition) is 3. The van der Waals surface area contributed by atoms with Crippen LogP contribution in [-0.2, 0) is 0 Å². The number of pyridine rings is 1. The summed E-state index contributed by atoms with van der Waals surface area (Å²) in [6.45, 7) is 1.54. The van der Waals surface area contributed by atoms with E-state index in [1.54, 1.807) is 24.4 Å². The van der Waals surface area contributed by atoms with Gasteiger partial charge < -0.3 is 4.74 Å². The Hall–Kier alpha value is -2.20. The van der Waals surface area contributed by atoms with Gasteiger partial charge in [0.15, 0.2) is 5.78 Å². The van der Waals surface area contributed by atoms with Crippen molar-refractivity contribution >= 4 is 32.6 Å². The lowest BCUT2D eigenvalue weighted by Crippen LogP contribution is -1.94. The summed E-state index contributed by atoms with van der Waals surface area (Å²) in [7, 11) is 0. The maximum absolute atomic E-state index is 11.4. The van der Waals surface area contributed by atoms with Crippen molar-refractivity contribution in [2.24, 2.45) is 0 Å². The molecule has 1 heterocycles. The minimum Gasteiger partial charge on any atom is -0.457 e. The number of Topliss-reactive ketones (excluding diaryl/α,β-unsaturated/α-hetero) is 1. The molecule has 21 heavy (non-hydrogen) atoms. The molecule has 3 nitrogen and oxygen atoms in total. The van der Waals surface area contributed by atoms with Crippen LogP contribution >= 0.6 is 15.9 Å². The molecule has 4 heteroatoms. The first-order valence-electron chi connectivity index (χ1n) is 6.46. The molecule has 0 saturated heterocycles. The Labute approximate surface area is 130 Å². The van der Waals surface area contributed by atoms with Crippen molar-refractivity contribution in [3.8, 4) is 11.5 Å². The third kappa shape index (κ3) is 2.95. The summed E-state index contributed by atoms with van der Waals surface area (Å²) in [5.74, 6) is 1.40. The van der Waals surface area contributed by atoms with Crippen LogP contribution in [-0.4, -0.2) is 10.8 Å². The summed E-state index contributed by atoms with van der Waals surface area (Å²) >= 11 is 3.39. The first-order valence-corrected chi connectivity index (χ1v) is 7.26. The minimum absolute atomic E-state index is 0.0170. The van der Waals surface area contributed by atoms with Crippen LogP contribution in [0, 0.1) is 0 Å². The zero-order valence-electron chi connectivity index (χ0n) is 11.3. The van der Waals surface area contributed by atoms with E-state index in [9.17, 15) is 4.79 Å². The number of benzene rings is 2. The largest absolute Gasteiger partial charge is 0.457 e. The quantitative estimate of drug-likeness (QED) is 0.630. The summed E-state index contributed by atoms with van der Waals surface area (Å²) in [6.07, 6.45) is 1.75. The van der Waals surface area contributed by atoms with E-state index in [1.165, 1.54) is 6.92 Å². The molecule has 2 aromatic carbocycles. The van der Waals surface area contributed by atoms with Crippen LogP contribution in [0.3, 0.4) is 0 Å². The second-order valence-electron chi connectivity index (χ2n) is 4.66. The SMILES string of the molecule is CC(=O)c1ccc(Oc2ccc3cccnc3c2)cc1Br. The highest BCUT2D eigenvalue weighted by molar-refractivity contribution is 9.10. The molecule has 0 bridgehead atoms. The van der Waals surface area contributed by atoms with E-state index in [1.807, 2.05) is 30.3 Å². The second kappa shape index (κ2) is 5.66. The normalized spacial score (nSPS) is 10.6. The van der Waals surface area contributed by atoms with Gasteiger partial charge in [-0.15, -0.1) is 0 Å². The van der Waals surface area contributed by atoms with Gasteiger partial charge in [-0.3, -0.25) is 9.78 Å². The molecule has 3 aromatic rings. The van der Waals surface area contributed by atoms with Crippen LogP contribution < -0.4 is 4.74 Å². The van der Waals surface area contributed by atoms with Gasteiger partial charge in [0.25, 0.3) is 0 Å². The highest BCUT2D eigenvalue weighted by Crippen LogP contribution is 2.28. The van der Waals surface area contributed by atoms with Crippen molar-refractivity contribution in [1.82, 2.24) is 4.98 Å². The van der Waals surface area contributed by atoms with E-state index < -0.39 is 0 Å². The Balaban J connectivity index is 1.91. The topological polar surface area (TPSA) is 39.2 Å². The second-order valence-corrected chi connectivity index (χ2v) is 5.51. The summed E-state index contributed by atoms with van der Waals surface area (Å²) in [6, 6.07) is 15.0. The van der Waals surface area contributed by atoms with Crippen LogP contribution in [0.1, 0.15) is 17.3 Å². The van der Waals surface area contributed by atoms with Gasteiger partial charge in [-0.2, -0.15) is 0 Å². The highest BCUT2D eigenvalue weighted by atomic mass is 79.9. The molecular formula is C17H12BrNO2. The number of aromatic nitrogens is 1. The average Bonchev–Trinajstić information content (AvgIpc) is 2.47. The van der Waals surface area contributed by atoms with Gasteiger partial charge in [0, 0.05) is 27.7 Å². The molecule has 3 rings (SSSR count). The number of nitrogens with zero attached hydrogens (tertiary/aromatic N) is 1. The van der Waals surface area contributed by atoms with E-state index in [0.717, 1.165) is 15.4 Å². The lowest BCUT2D eigenvalue weighted by atomic mass is 10.1. The molecule has 104 valence electrons. The molecular weight excluding hydrogens is 330 g/mol. The van der Waals surface area contributed by atoms with Crippen LogP contribution in [0.5, 0.6) is 11.5 Å². The number of ketones is 1. The number of fused-ring (bicyclic) bond motifs is 1. The van der Waals surface area contributed by atoms with Crippen LogP contribution in [0.25, 0.3) is 10.9 Å². The molecule has 0 atom stereocenters. The van der Waals surface area contributed by atoms with Gasteiger partial charge in [0.05, 0.1) is 5.52 Å². The summed E-state index contributed by atoms with van der Waals surface area (Å²) < 4.78 is 6.55. The number of carbonyl (C=O) groups is 1. The van der Waals surface area contributed by atoms with Crippen molar-refractivity contribution < 1.29 is 9.53 Å². The molecule has 0 aliphatic heterocycles. The van der Waals surface area contributed by atoms with E-state index in [-0.39, 0.29) is 5.78 Å². The molecule has 0 spiro atoms. The molecule has 0 N–H and O–H groups in total. The molecule has 0 unspecified atom stereocenters. The molecule has 0 fully saturated rings. The number of ether oxygens (including phenoxy) is 1. The molecule has 0 aliphatic rings. The average molecular weight is 342 g/mol. The van der Waals surface area contributed by atoms with Crippen molar-refractivity contribution in [3.05, 3.63) is 64.8 Å². The summed E-state index contributed by atoms with van der Waals surface area (Å²) in [4.78, 5) is 15.7. The maximum Gasteiger partial charge on any atom is 0.160 e. The van der Waals surface area contributed by atoms with Gasteiger partial charge >= 0.3 is 0 Å². The van der Waals surface area contributed by atoms with Gasteiger partial charge in [0.2, 0.25) is 0 Å². The Bertz CT molecular complexity index is 830. The van der Waals surface area contributed by atoms with Gasteiger partial charge in [-0.05, 0) is 59.3 Å². The third-order valence-corrected chi connectivity index (χ3v) is 3.79. The van der Waals surface area contributed by atoms with E-state index >= 15 is 0 Å². The third-order valence-electron chi connectivity index (χ3n) is 3.13. The highest BCUT2D eigenvalue weighted by Gasteiger charge is 2.07. The number of halogens is 1. The predicted octanol–water partition coefficient (Wildman–Crippen LogP) is 4.99. The van der Waals surface area contributed by atoms with E-state index in [4.69, 9.17) is 4.74 Å². The Morgan fingerprint density at radius 2 is 1.86 bits per heavy atom. The summed E-state index contributed by atoms with van der Waals surface area (Å²) in [5, 5.41) is 1.07. The lowest BCUT2D eigenvalue weighted by Gasteiger charge is -2.08. The van der Waals surface area contributed by atoms with Crippen molar-refractivity contribution in [2.75, 3.05) is 0 Å². The summed E-state index contributed by atoms with van der Waals surface area (Å²) in [5.41, 5.74) is 1.52. The standard InChI is InChI=1S/C17H12BrNO2/c1-11(20)15-7-6-13(9-16(15)18)21-14-5-4-12-3-2-8-19-17(12)10-14/h2-10H,1H3. The fraction of sp³-hybridized carbons (Fsp3) is 0.0588. The molecule has 0 aliphatic carbocycles. The van der Waals surface area contributed by atoms with Gasteiger partial charge in [-0.25, -0.2) is 0 Å². The maximum atomic E-state index is 11.4. The number of carbonyl (C=O) groups excluding carboxylic acids is 1. The first-order chi connectivity index (χ1) is 10.1. The number of hydrogen-bond donors (Lipinski definition) is 0. The Morgan fingerprint density at radius 3 is 2.62 bits per heavy atom. The minimum atomic E-state index is 0.0170. The van der Waals surface area contributed by atoms with Crippen LogP contribution in [0.15, 0.2) is 59.2 Å². The monoisotopic (exact) mass is 341 g/mol. The van der Waals surface area contributed by atoms with Crippen molar-refractivity contribution in [3.63, 3.8) is 0 Å². The van der Waals surface area contributed by atoms with Gasteiger partial charge in [-0.1, -0.05) is 6.07 Å². The Morgan fingerprint density at radius 1 is 1.10 bits per heavy atom. The molecule has 0 saturated carbocycles. The van der Waals surface area contributed by atoms with Crippen LogP contribution in [0.4, 0.5) is 0 Å². The van der Waals surface area contributed by atoms with Gasteiger partial charge in [0.1, 0.15) is 11.5 Å². The van der Waals surface area contributed by atoms with E-state index in [0.29, 0.717) is 17.1 Å². The van der Waals surface area contributed by atoms with E-state index in [2.05, 4.69) is 20.9 Å². The zero-order valence-corrected chi connectivity index (χ0v) is 12.9. The predicted molar refractivity (Wildman–Crippen MR) is 86.0 cm³/mol.